The van der Waals surface area contributed by atoms with E-state index in [4.69, 9.17) is 10.5 Å². The molecule has 3 N–H and O–H groups in total. The van der Waals surface area contributed by atoms with Gasteiger partial charge in [0.2, 0.25) is 0 Å². The highest BCUT2D eigenvalue weighted by Gasteiger charge is 2.01. The van der Waals surface area contributed by atoms with Gasteiger partial charge in [0.1, 0.15) is 5.82 Å². The average molecular weight is 195 g/mol. The number of methoxy groups -OCH3 is 1. The fraction of sp³-hybridized carbons (Fsp3) is 0.500. The van der Waals surface area contributed by atoms with Gasteiger partial charge >= 0.3 is 0 Å². The summed E-state index contributed by atoms with van der Waals surface area (Å²) in [7, 11) is 1.70. The van der Waals surface area contributed by atoms with Crippen molar-refractivity contribution in [2.45, 2.75) is 19.4 Å². The maximum Gasteiger partial charge on any atom is 0.126 e. The molecule has 0 aliphatic heterocycles. The van der Waals surface area contributed by atoms with Gasteiger partial charge in [-0.3, -0.25) is 0 Å². The predicted molar refractivity (Wildman–Crippen MR) is 58.2 cm³/mol. The van der Waals surface area contributed by atoms with E-state index in [0.29, 0.717) is 11.7 Å². The second kappa shape index (κ2) is 5.44. The fourth-order valence-corrected chi connectivity index (χ4v) is 1.11. The lowest BCUT2D eigenvalue weighted by atomic mass is 10.2. The van der Waals surface area contributed by atoms with Crippen LogP contribution in [0.2, 0.25) is 0 Å². The van der Waals surface area contributed by atoms with E-state index in [2.05, 4.69) is 17.2 Å². The molecular weight excluding hydrogens is 178 g/mol. The molecule has 0 radical (unpaired) electrons. The van der Waals surface area contributed by atoms with Crippen LogP contribution in [0.1, 0.15) is 13.3 Å². The van der Waals surface area contributed by atoms with Crippen LogP contribution in [0.25, 0.3) is 0 Å². The zero-order valence-electron chi connectivity index (χ0n) is 8.66. The molecule has 0 aliphatic carbocycles. The third-order valence-corrected chi connectivity index (χ3v) is 1.94. The largest absolute Gasteiger partial charge is 0.397 e. The molecule has 78 valence electrons. The molecule has 4 heteroatoms. The fourth-order valence-electron chi connectivity index (χ4n) is 1.11. The number of ether oxygens (including phenoxy) is 1. The van der Waals surface area contributed by atoms with E-state index in [1.165, 1.54) is 0 Å². The molecule has 4 nitrogen and oxygen atoms in total. The Hall–Kier alpha value is -1.29. The molecule has 0 spiro atoms. The molecule has 0 aromatic carbocycles. The highest BCUT2D eigenvalue weighted by molar-refractivity contribution is 5.44. The molecule has 1 rings (SSSR count). The van der Waals surface area contributed by atoms with E-state index in [1.54, 1.807) is 13.3 Å². The van der Waals surface area contributed by atoms with Gasteiger partial charge in [0.15, 0.2) is 0 Å². The van der Waals surface area contributed by atoms with Crippen molar-refractivity contribution in [1.29, 1.82) is 0 Å². The number of aromatic nitrogens is 1. The first-order chi connectivity index (χ1) is 6.72. The molecule has 1 aromatic rings. The van der Waals surface area contributed by atoms with E-state index in [1.807, 2.05) is 12.1 Å². The van der Waals surface area contributed by atoms with Crippen molar-refractivity contribution in [3.8, 4) is 0 Å². The Balaban J connectivity index is 2.39. The van der Waals surface area contributed by atoms with E-state index < -0.39 is 0 Å². The number of rotatable bonds is 5. The van der Waals surface area contributed by atoms with Gasteiger partial charge in [-0.25, -0.2) is 4.98 Å². The maximum atomic E-state index is 5.53. The molecule has 0 bridgehead atoms. The number of pyridine rings is 1. The van der Waals surface area contributed by atoms with Crippen LogP contribution in [0.3, 0.4) is 0 Å². The second-order valence-electron chi connectivity index (χ2n) is 3.30. The Morgan fingerprint density at radius 3 is 2.93 bits per heavy atom. The first kappa shape index (κ1) is 10.8. The number of anilines is 2. The summed E-state index contributed by atoms with van der Waals surface area (Å²) in [4.78, 5) is 4.15. The van der Waals surface area contributed by atoms with Crippen molar-refractivity contribution in [2.75, 3.05) is 24.8 Å². The predicted octanol–water partition coefficient (Wildman–Crippen LogP) is 1.50. The molecule has 0 saturated heterocycles. The molecular formula is C10H17N3O. The normalized spacial score (nSPS) is 12.4. The van der Waals surface area contributed by atoms with Crippen molar-refractivity contribution in [3.63, 3.8) is 0 Å². The van der Waals surface area contributed by atoms with Gasteiger partial charge in [0, 0.05) is 19.8 Å². The number of hydrogen-bond donors (Lipinski definition) is 2. The minimum Gasteiger partial charge on any atom is -0.397 e. The smallest absolute Gasteiger partial charge is 0.126 e. The minimum atomic E-state index is 0.353. The summed E-state index contributed by atoms with van der Waals surface area (Å²) in [6.07, 6.45) is 2.61. The van der Waals surface area contributed by atoms with Crippen LogP contribution in [-0.2, 0) is 4.74 Å². The molecule has 0 saturated carbocycles. The van der Waals surface area contributed by atoms with Crippen LogP contribution < -0.4 is 11.1 Å². The van der Waals surface area contributed by atoms with Crippen molar-refractivity contribution in [1.82, 2.24) is 4.98 Å². The average Bonchev–Trinajstić information content (AvgIpc) is 2.18. The molecule has 1 aromatic heterocycles. The van der Waals surface area contributed by atoms with Crippen LogP contribution in [-0.4, -0.2) is 24.7 Å². The summed E-state index contributed by atoms with van der Waals surface area (Å²) in [6.45, 7) is 2.85. The molecule has 1 atom stereocenters. The Labute approximate surface area is 84.5 Å². The molecule has 0 aliphatic rings. The highest BCUT2D eigenvalue weighted by Crippen LogP contribution is 2.08. The van der Waals surface area contributed by atoms with Crippen LogP contribution in [0.5, 0.6) is 0 Å². The molecule has 0 amide bonds. The summed E-state index contributed by atoms with van der Waals surface area (Å²) < 4.78 is 4.99. The van der Waals surface area contributed by atoms with E-state index in [9.17, 15) is 0 Å². The van der Waals surface area contributed by atoms with Gasteiger partial charge in [-0.15, -0.1) is 0 Å². The SMILES string of the molecule is COCCC(C)Nc1ccc(N)cn1. The van der Waals surface area contributed by atoms with Crippen molar-refractivity contribution >= 4 is 11.5 Å². The number of nitrogens with two attached hydrogens (primary N) is 1. The second-order valence-corrected chi connectivity index (χ2v) is 3.30. The third-order valence-electron chi connectivity index (χ3n) is 1.94. The minimum absolute atomic E-state index is 0.353. The topological polar surface area (TPSA) is 60.2 Å². The summed E-state index contributed by atoms with van der Waals surface area (Å²) in [5.41, 5.74) is 6.21. The number of nitrogen functional groups attached to an aromatic ring is 1. The first-order valence-electron chi connectivity index (χ1n) is 4.69. The van der Waals surface area contributed by atoms with Gasteiger partial charge in [0.25, 0.3) is 0 Å². The number of nitrogens with one attached hydrogen (secondary N) is 1. The van der Waals surface area contributed by atoms with Crippen molar-refractivity contribution in [3.05, 3.63) is 18.3 Å². The number of nitrogens with zero attached hydrogens (tertiary/aromatic N) is 1. The van der Waals surface area contributed by atoms with Crippen LogP contribution in [0, 0.1) is 0 Å². The molecule has 1 heterocycles. The Kier molecular flexibility index (Phi) is 4.19. The molecule has 14 heavy (non-hydrogen) atoms. The molecule has 1 unspecified atom stereocenters. The zero-order valence-corrected chi connectivity index (χ0v) is 8.66. The van der Waals surface area contributed by atoms with Crippen molar-refractivity contribution in [2.24, 2.45) is 0 Å². The van der Waals surface area contributed by atoms with Crippen molar-refractivity contribution < 1.29 is 4.74 Å². The highest BCUT2D eigenvalue weighted by atomic mass is 16.5. The Bertz CT molecular complexity index is 261. The number of hydrogen-bond acceptors (Lipinski definition) is 4. The van der Waals surface area contributed by atoms with Gasteiger partial charge in [-0.1, -0.05) is 0 Å². The zero-order chi connectivity index (χ0) is 10.4. The quantitative estimate of drug-likeness (QED) is 0.747. The third kappa shape index (κ3) is 3.62. The lowest BCUT2D eigenvalue weighted by Gasteiger charge is -2.13. The molecule has 0 fully saturated rings. The van der Waals surface area contributed by atoms with Gasteiger partial charge in [0.05, 0.1) is 11.9 Å². The summed E-state index contributed by atoms with van der Waals surface area (Å²) >= 11 is 0. The van der Waals surface area contributed by atoms with Gasteiger partial charge < -0.3 is 15.8 Å². The lowest BCUT2D eigenvalue weighted by Crippen LogP contribution is -2.17. The monoisotopic (exact) mass is 195 g/mol. The lowest BCUT2D eigenvalue weighted by molar-refractivity contribution is 0.191. The summed E-state index contributed by atoms with van der Waals surface area (Å²) in [6, 6.07) is 4.06. The van der Waals surface area contributed by atoms with E-state index >= 15 is 0 Å². The van der Waals surface area contributed by atoms with Crippen LogP contribution in [0.4, 0.5) is 11.5 Å². The van der Waals surface area contributed by atoms with Crippen LogP contribution >= 0.6 is 0 Å². The van der Waals surface area contributed by atoms with Gasteiger partial charge in [-0.05, 0) is 25.5 Å². The first-order valence-corrected chi connectivity index (χ1v) is 4.69. The maximum absolute atomic E-state index is 5.53. The van der Waals surface area contributed by atoms with Gasteiger partial charge in [-0.2, -0.15) is 0 Å². The van der Waals surface area contributed by atoms with Crippen LogP contribution in [0.15, 0.2) is 18.3 Å². The summed E-state index contributed by atoms with van der Waals surface area (Å²) in [5, 5.41) is 3.26. The van der Waals surface area contributed by atoms with E-state index in [-0.39, 0.29) is 0 Å². The Morgan fingerprint density at radius 1 is 1.57 bits per heavy atom. The summed E-state index contributed by atoms with van der Waals surface area (Å²) in [5.74, 6) is 0.850. The van der Waals surface area contributed by atoms with E-state index in [0.717, 1.165) is 18.8 Å². The standard InChI is InChI=1S/C10H17N3O/c1-8(5-6-14-2)13-10-4-3-9(11)7-12-10/h3-4,7-8H,5-6,11H2,1-2H3,(H,12,13). The Morgan fingerprint density at radius 2 is 2.36 bits per heavy atom.